The molecule has 1 aromatic heterocycles. The summed E-state index contributed by atoms with van der Waals surface area (Å²) < 4.78 is 2.24. The van der Waals surface area contributed by atoms with Crippen LogP contribution in [0.1, 0.15) is 50.4 Å². The lowest BCUT2D eigenvalue weighted by atomic mass is 9.79. The van der Waals surface area contributed by atoms with Crippen molar-refractivity contribution < 1.29 is 0 Å². The second-order valence-electron chi connectivity index (χ2n) is 5.74. The van der Waals surface area contributed by atoms with E-state index < -0.39 is 0 Å². The molecule has 96 valence electrons. The zero-order chi connectivity index (χ0) is 12.6. The summed E-state index contributed by atoms with van der Waals surface area (Å²) in [4.78, 5) is 4.30. The van der Waals surface area contributed by atoms with Crippen LogP contribution in [0.2, 0.25) is 0 Å². The van der Waals surface area contributed by atoms with E-state index in [2.05, 4.69) is 20.9 Å². The Morgan fingerprint density at radius 3 is 2.94 bits per heavy atom. The van der Waals surface area contributed by atoms with Crippen LogP contribution in [0.4, 0.5) is 0 Å². The minimum absolute atomic E-state index is 0.305. The van der Waals surface area contributed by atoms with Crippen molar-refractivity contribution in [2.75, 3.05) is 0 Å². The molecule has 2 atom stereocenters. The average Bonchev–Trinajstić information content (AvgIpc) is 3.08. The third-order valence-electron chi connectivity index (χ3n) is 4.25. The van der Waals surface area contributed by atoms with Crippen molar-refractivity contribution in [3.8, 4) is 6.07 Å². The first kappa shape index (κ1) is 11.7. The van der Waals surface area contributed by atoms with Gasteiger partial charge in [-0.3, -0.25) is 5.32 Å². The van der Waals surface area contributed by atoms with Crippen LogP contribution in [0, 0.1) is 18.3 Å². The lowest BCUT2D eigenvalue weighted by molar-refractivity contribution is 0.227. The molecule has 1 heterocycles. The summed E-state index contributed by atoms with van der Waals surface area (Å²) in [6, 6.07) is 3.57. The number of hydrogen-bond acceptors (Lipinski definition) is 3. The second-order valence-corrected chi connectivity index (χ2v) is 5.74. The summed E-state index contributed by atoms with van der Waals surface area (Å²) in [7, 11) is 0. The third-order valence-corrected chi connectivity index (χ3v) is 4.25. The zero-order valence-corrected chi connectivity index (χ0v) is 10.9. The van der Waals surface area contributed by atoms with Gasteiger partial charge in [-0.25, -0.2) is 4.98 Å². The van der Waals surface area contributed by atoms with Gasteiger partial charge < -0.3 is 4.57 Å². The topological polar surface area (TPSA) is 53.6 Å². The minimum atomic E-state index is -0.305. The summed E-state index contributed by atoms with van der Waals surface area (Å²) in [6.07, 6.45) is 10.6. The number of imidazole rings is 1. The minimum Gasteiger partial charge on any atom is -0.332 e. The first-order chi connectivity index (χ1) is 8.72. The molecule has 0 amide bonds. The summed E-state index contributed by atoms with van der Waals surface area (Å²) in [6.45, 7) is 2.04. The van der Waals surface area contributed by atoms with Gasteiger partial charge in [0.15, 0.2) is 0 Å². The van der Waals surface area contributed by atoms with Gasteiger partial charge in [-0.2, -0.15) is 5.26 Å². The summed E-state index contributed by atoms with van der Waals surface area (Å²) in [5, 5.41) is 13.1. The van der Waals surface area contributed by atoms with Crippen molar-refractivity contribution in [1.29, 1.82) is 5.26 Å². The Morgan fingerprint density at radius 2 is 2.33 bits per heavy atom. The van der Waals surface area contributed by atoms with Gasteiger partial charge in [0.1, 0.15) is 11.4 Å². The van der Waals surface area contributed by atoms with E-state index in [1.807, 2.05) is 19.3 Å². The fraction of sp³-hybridized carbons (Fsp3) is 0.714. The van der Waals surface area contributed by atoms with Gasteiger partial charge in [-0.15, -0.1) is 0 Å². The van der Waals surface area contributed by atoms with E-state index in [4.69, 9.17) is 0 Å². The van der Waals surface area contributed by atoms with Crippen molar-refractivity contribution in [3.63, 3.8) is 0 Å². The van der Waals surface area contributed by atoms with Gasteiger partial charge in [0.2, 0.25) is 0 Å². The second kappa shape index (κ2) is 4.40. The Labute approximate surface area is 108 Å². The SMILES string of the molecule is Cc1nccn1C1CCCC(C#N)(NC2CC2)C1. The fourth-order valence-electron chi connectivity index (χ4n) is 3.14. The van der Waals surface area contributed by atoms with E-state index >= 15 is 0 Å². The third kappa shape index (κ3) is 2.15. The lowest BCUT2D eigenvalue weighted by Crippen LogP contribution is -2.49. The monoisotopic (exact) mass is 244 g/mol. The first-order valence-corrected chi connectivity index (χ1v) is 6.91. The molecule has 2 aliphatic carbocycles. The molecule has 0 radical (unpaired) electrons. The van der Waals surface area contributed by atoms with Crippen LogP contribution in [0.15, 0.2) is 12.4 Å². The van der Waals surface area contributed by atoms with Crippen LogP contribution in [0.25, 0.3) is 0 Å². The number of nitriles is 1. The van der Waals surface area contributed by atoms with Gasteiger partial charge in [-0.05, 0) is 45.4 Å². The van der Waals surface area contributed by atoms with Crippen LogP contribution < -0.4 is 5.32 Å². The smallest absolute Gasteiger partial charge is 0.108 e. The standard InChI is InChI=1S/C14H20N4/c1-11-16-7-8-18(11)13-3-2-6-14(9-13,10-15)17-12-4-5-12/h7-8,12-13,17H,2-6,9H2,1H3. The Bertz CT molecular complexity index is 468. The van der Waals surface area contributed by atoms with Gasteiger partial charge in [0, 0.05) is 24.5 Å². The molecule has 2 saturated carbocycles. The van der Waals surface area contributed by atoms with Crippen LogP contribution in [-0.2, 0) is 0 Å². The van der Waals surface area contributed by atoms with E-state index in [9.17, 15) is 5.26 Å². The molecular weight excluding hydrogens is 224 g/mol. The molecule has 0 saturated heterocycles. The summed E-state index contributed by atoms with van der Waals surface area (Å²) >= 11 is 0. The normalized spacial score (nSPS) is 32.1. The van der Waals surface area contributed by atoms with E-state index in [1.165, 1.54) is 12.8 Å². The van der Waals surface area contributed by atoms with Crippen LogP contribution >= 0.6 is 0 Å². The number of aromatic nitrogens is 2. The Morgan fingerprint density at radius 1 is 1.50 bits per heavy atom. The van der Waals surface area contributed by atoms with E-state index in [0.717, 1.165) is 31.5 Å². The molecule has 2 fully saturated rings. The molecule has 0 aromatic carbocycles. The maximum atomic E-state index is 9.57. The van der Waals surface area contributed by atoms with Crippen molar-refractivity contribution in [2.45, 2.75) is 63.1 Å². The van der Waals surface area contributed by atoms with Gasteiger partial charge >= 0.3 is 0 Å². The highest BCUT2D eigenvalue weighted by Crippen LogP contribution is 2.37. The lowest BCUT2D eigenvalue weighted by Gasteiger charge is -2.37. The van der Waals surface area contributed by atoms with E-state index in [0.29, 0.717) is 12.1 Å². The fourth-order valence-corrected chi connectivity index (χ4v) is 3.14. The molecule has 2 unspecified atom stereocenters. The molecule has 2 aliphatic rings. The van der Waals surface area contributed by atoms with Crippen molar-refractivity contribution in [2.24, 2.45) is 0 Å². The summed E-state index contributed by atoms with van der Waals surface area (Å²) in [5.74, 6) is 1.06. The van der Waals surface area contributed by atoms with Crippen molar-refractivity contribution in [3.05, 3.63) is 18.2 Å². The number of aryl methyl sites for hydroxylation is 1. The Balaban J connectivity index is 1.78. The van der Waals surface area contributed by atoms with E-state index in [1.54, 1.807) is 0 Å². The molecule has 1 aromatic rings. The zero-order valence-electron chi connectivity index (χ0n) is 10.9. The molecule has 4 nitrogen and oxygen atoms in total. The molecule has 0 bridgehead atoms. The van der Waals surface area contributed by atoms with Gasteiger partial charge in [0.25, 0.3) is 0 Å². The molecule has 1 N–H and O–H groups in total. The van der Waals surface area contributed by atoms with Crippen LogP contribution in [-0.4, -0.2) is 21.1 Å². The van der Waals surface area contributed by atoms with Gasteiger partial charge in [0.05, 0.1) is 6.07 Å². The van der Waals surface area contributed by atoms with Crippen LogP contribution in [0.3, 0.4) is 0 Å². The highest BCUT2D eigenvalue weighted by Gasteiger charge is 2.41. The molecule has 0 spiro atoms. The maximum absolute atomic E-state index is 9.57. The number of hydrogen-bond donors (Lipinski definition) is 1. The maximum Gasteiger partial charge on any atom is 0.108 e. The van der Waals surface area contributed by atoms with Crippen LogP contribution in [0.5, 0.6) is 0 Å². The van der Waals surface area contributed by atoms with Gasteiger partial charge in [-0.1, -0.05) is 0 Å². The summed E-state index contributed by atoms with van der Waals surface area (Å²) in [5.41, 5.74) is -0.305. The quantitative estimate of drug-likeness (QED) is 0.887. The van der Waals surface area contributed by atoms with Crippen molar-refractivity contribution >= 4 is 0 Å². The largest absolute Gasteiger partial charge is 0.332 e. The predicted octanol–water partition coefficient (Wildman–Crippen LogP) is 2.32. The molecule has 3 rings (SSSR count). The predicted molar refractivity (Wildman–Crippen MR) is 69.0 cm³/mol. The number of nitrogens with zero attached hydrogens (tertiary/aromatic N) is 3. The number of rotatable bonds is 3. The molecule has 18 heavy (non-hydrogen) atoms. The Hall–Kier alpha value is -1.34. The highest BCUT2D eigenvalue weighted by molar-refractivity contribution is 5.13. The van der Waals surface area contributed by atoms with Crippen molar-refractivity contribution in [1.82, 2.24) is 14.9 Å². The molecular formula is C14H20N4. The molecule has 0 aliphatic heterocycles. The highest BCUT2D eigenvalue weighted by atomic mass is 15.1. The number of nitrogens with one attached hydrogen (secondary N) is 1. The van der Waals surface area contributed by atoms with E-state index in [-0.39, 0.29) is 5.54 Å². The first-order valence-electron chi connectivity index (χ1n) is 6.91. The Kier molecular flexibility index (Phi) is 2.87. The molecule has 4 heteroatoms. The average molecular weight is 244 g/mol.